The predicted molar refractivity (Wildman–Crippen MR) is 67.2 cm³/mol. The van der Waals surface area contributed by atoms with Crippen LogP contribution in [-0.4, -0.2) is 28.1 Å². The molecule has 1 N–H and O–H groups in total. The summed E-state index contributed by atoms with van der Waals surface area (Å²) in [5, 5.41) is 5.37. The van der Waals surface area contributed by atoms with Crippen molar-refractivity contribution in [1.29, 1.82) is 0 Å². The number of carbonyl (C=O) groups is 1. The lowest BCUT2D eigenvalue weighted by atomic mass is 10.2. The van der Waals surface area contributed by atoms with Gasteiger partial charge in [-0.1, -0.05) is 16.8 Å². The van der Waals surface area contributed by atoms with Gasteiger partial charge in [-0.25, -0.2) is 0 Å². The van der Waals surface area contributed by atoms with Crippen LogP contribution in [0.5, 0.6) is 0 Å². The average molecular weight is 337 g/mol. The van der Waals surface area contributed by atoms with Crippen molar-refractivity contribution >= 4 is 23.5 Å². The number of hydrogen-bond acceptors (Lipinski definition) is 6. The summed E-state index contributed by atoms with van der Waals surface area (Å²) in [6.07, 6.45) is -3.96. The van der Waals surface area contributed by atoms with Gasteiger partial charge in [0.1, 0.15) is 12.3 Å². The van der Waals surface area contributed by atoms with Crippen molar-refractivity contribution in [2.45, 2.75) is 12.8 Å². The van der Waals surface area contributed by atoms with Crippen molar-refractivity contribution in [2.24, 2.45) is 0 Å². The lowest BCUT2D eigenvalue weighted by Crippen LogP contribution is -2.16. The number of methoxy groups -OCH3 is 1. The van der Waals surface area contributed by atoms with Gasteiger partial charge in [-0.3, -0.25) is 15.1 Å². The molecule has 0 bridgehead atoms. The van der Waals surface area contributed by atoms with E-state index in [0.29, 0.717) is 6.07 Å². The number of alkyl halides is 3. The molecule has 2 rings (SSSR count). The van der Waals surface area contributed by atoms with Crippen molar-refractivity contribution in [2.75, 3.05) is 12.4 Å². The maximum absolute atomic E-state index is 12.6. The molecule has 11 heteroatoms. The van der Waals surface area contributed by atoms with Gasteiger partial charge in [-0.2, -0.15) is 18.2 Å². The molecule has 0 aliphatic heterocycles. The van der Waals surface area contributed by atoms with E-state index in [2.05, 4.69) is 20.4 Å². The number of nitrogens with zero attached hydrogens (tertiary/aromatic N) is 3. The van der Waals surface area contributed by atoms with E-state index in [-0.39, 0.29) is 23.5 Å². The van der Waals surface area contributed by atoms with E-state index in [9.17, 15) is 18.0 Å². The first kappa shape index (κ1) is 16.2. The molecule has 2 aromatic heterocycles. The Morgan fingerprint density at radius 2 is 2.23 bits per heavy atom. The molecule has 1 amide bonds. The van der Waals surface area contributed by atoms with Gasteiger partial charge in [0.05, 0.1) is 10.6 Å². The predicted octanol–water partition coefficient (Wildman–Crippen LogP) is 2.54. The molecule has 118 valence electrons. The van der Waals surface area contributed by atoms with Crippen LogP contribution in [0.25, 0.3) is 0 Å². The highest BCUT2D eigenvalue weighted by atomic mass is 35.5. The molecule has 0 saturated carbocycles. The minimum absolute atomic E-state index is 0.0492. The molecule has 0 spiro atoms. The first-order valence-electron chi connectivity index (χ1n) is 5.67. The van der Waals surface area contributed by atoms with Crippen LogP contribution in [0.2, 0.25) is 5.02 Å². The molecule has 0 aliphatic carbocycles. The number of rotatable bonds is 4. The van der Waals surface area contributed by atoms with Gasteiger partial charge in [0, 0.05) is 13.3 Å². The van der Waals surface area contributed by atoms with Crippen LogP contribution < -0.4 is 5.32 Å². The first-order valence-corrected chi connectivity index (χ1v) is 6.04. The summed E-state index contributed by atoms with van der Waals surface area (Å²) >= 11 is 5.69. The first-order chi connectivity index (χ1) is 10.3. The van der Waals surface area contributed by atoms with E-state index in [1.54, 1.807) is 0 Å². The van der Waals surface area contributed by atoms with E-state index in [4.69, 9.17) is 20.9 Å². The van der Waals surface area contributed by atoms with Crippen LogP contribution in [0.1, 0.15) is 21.9 Å². The Balaban J connectivity index is 2.21. The summed E-state index contributed by atoms with van der Waals surface area (Å²) in [5.74, 6) is -0.778. The van der Waals surface area contributed by atoms with E-state index < -0.39 is 23.3 Å². The molecule has 0 unspecified atom stereocenters. The fourth-order valence-corrected chi connectivity index (χ4v) is 1.61. The molecule has 0 radical (unpaired) electrons. The third-order valence-corrected chi connectivity index (χ3v) is 2.65. The van der Waals surface area contributed by atoms with Crippen molar-refractivity contribution in [3.8, 4) is 0 Å². The number of anilines is 1. The van der Waals surface area contributed by atoms with Crippen LogP contribution in [0, 0.1) is 0 Å². The van der Waals surface area contributed by atoms with Gasteiger partial charge in [0.15, 0.2) is 5.82 Å². The fourth-order valence-electron chi connectivity index (χ4n) is 1.42. The highest BCUT2D eigenvalue weighted by molar-refractivity contribution is 6.34. The van der Waals surface area contributed by atoms with E-state index >= 15 is 0 Å². The van der Waals surface area contributed by atoms with E-state index in [1.165, 1.54) is 7.11 Å². The molecular formula is C11H8ClF3N4O3. The Bertz CT molecular complexity index is 689. The second-order valence-corrected chi connectivity index (χ2v) is 4.36. The quantitative estimate of drug-likeness (QED) is 0.922. The number of hydrogen-bond donors (Lipinski definition) is 1. The average Bonchev–Trinajstić information content (AvgIpc) is 2.85. The lowest BCUT2D eigenvalue weighted by molar-refractivity contribution is -0.141. The third-order valence-electron chi connectivity index (χ3n) is 2.35. The van der Waals surface area contributed by atoms with Gasteiger partial charge in [-0.05, 0) is 6.07 Å². The van der Waals surface area contributed by atoms with E-state index in [0.717, 1.165) is 6.20 Å². The second kappa shape index (κ2) is 6.28. The zero-order valence-corrected chi connectivity index (χ0v) is 11.7. The smallest absolute Gasteiger partial charge is 0.377 e. The Morgan fingerprint density at radius 3 is 2.86 bits per heavy atom. The molecular weight excluding hydrogens is 329 g/mol. The zero-order valence-electron chi connectivity index (χ0n) is 10.9. The summed E-state index contributed by atoms with van der Waals surface area (Å²) in [6, 6.07) is 0.239. The Morgan fingerprint density at radius 1 is 1.50 bits per heavy atom. The third kappa shape index (κ3) is 3.71. The minimum atomic E-state index is -4.70. The fraction of sp³-hybridized carbons (Fsp3) is 0.273. The van der Waals surface area contributed by atoms with Gasteiger partial charge in [0.2, 0.25) is 0 Å². The maximum atomic E-state index is 12.6. The van der Waals surface area contributed by atoms with Gasteiger partial charge >= 0.3 is 12.2 Å². The number of amides is 1. The van der Waals surface area contributed by atoms with Crippen molar-refractivity contribution in [1.82, 2.24) is 15.1 Å². The number of pyridine rings is 1. The molecule has 0 aromatic carbocycles. The Hall–Kier alpha value is -2.20. The van der Waals surface area contributed by atoms with Crippen molar-refractivity contribution in [3.05, 3.63) is 34.4 Å². The molecule has 2 aromatic rings. The topological polar surface area (TPSA) is 90.1 Å². The number of aromatic nitrogens is 3. The summed E-state index contributed by atoms with van der Waals surface area (Å²) in [5.41, 5.74) is -1.66. The SMILES string of the molecule is COCc1noc(NC(=O)c2cc(C(F)(F)F)ncc2Cl)n1. The molecule has 0 aliphatic rings. The van der Waals surface area contributed by atoms with Gasteiger partial charge in [-0.15, -0.1) is 0 Å². The maximum Gasteiger partial charge on any atom is 0.433 e. The van der Waals surface area contributed by atoms with Crippen LogP contribution >= 0.6 is 11.6 Å². The highest BCUT2D eigenvalue weighted by Gasteiger charge is 2.33. The summed E-state index contributed by atoms with van der Waals surface area (Å²) < 4.78 is 47.2. The molecule has 0 fully saturated rings. The number of ether oxygens (including phenoxy) is 1. The van der Waals surface area contributed by atoms with Crippen LogP contribution in [0.15, 0.2) is 16.8 Å². The number of carbonyl (C=O) groups excluding carboxylic acids is 1. The second-order valence-electron chi connectivity index (χ2n) is 3.95. The zero-order chi connectivity index (χ0) is 16.3. The lowest BCUT2D eigenvalue weighted by Gasteiger charge is -2.08. The van der Waals surface area contributed by atoms with Crippen molar-refractivity contribution in [3.63, 3.8) is 0 Å². The molecule has 2 heterocycles. The normalized spacial score (nSPS) is 11.5. The summed E-state index contributed by atoms with van der Waals surface area (Å²) in [6.45, 7) is 0.0492. The molecule has 7 nitrogen and oxygen atoms in total. The Labute approximate surface area is 126 Å². The highest BCUT2D eigenvalue weighted by Crippen LogP contribution is 2.30. The standard InChI is InChI=1S/C11H8ClF3N4O3/c1-21-4-8-17-10(22-19-8)18-9(20)5-2-7(11(13,14)15)16-3-6(5)12/h2-3H,4H2,1H3,(H,17,18,19,20). The Kier molecular flexibility index (Phi) is 4.62. The summed E-state index contributed by atoms with van der Waals surface area (Å²) in [7, 11) is 1.41. The monoisotopic (exact) mass is 336 g/mol. The molecule has 0 saturated heterocycles. The molecule has 22 heavy (non-hydrogen) atoms. The van der Waals surface area contributed by atoms with Crippen molar-refractivity contribution < 1.29 is 27.2 Å². The van der Waals surface area contributed by atoms with Gasteiger partial charge < -0.3 is 9.26 Å². The largest absolute Gasteiger partial charge is 0.433 e. The van der Waals surface area contributed by atoms with Gasteiger partial charge in [0.25, 0.3) is 5.91 Å². The number of nitrogens with one attached hydrogen (secondary N) is 1. The minimum Gasteiger partial charge on any atom is -0.377 e. The van der Waals surface area contributed by atoms with Crippen LogP contribution in [0.4, 0.5) is 19.2 Å². The van der Waals surface area contributed by atoms with E-state index in [1.807, 2.05) is 0 Å². The molecule has 0 atom stereocenters. The number of halogens is 4. The van der Waals surface area contributed by atoms with Crippen LogP contribution in [-0.2, 0) is 17.5 Å². The van der Waals surface area contributed by atoms with Crippen LogP contribution in [0.3, 0.4) is 0 Å². The summed E-state index contributed by atoms with van der Waals surface area (Å²) in [4.78, 5) is 18.8.